The molecule has 0 amide bonds. The summed E-state index contributed by atoms with van der Waals surface area (Å²) in [7, 11) is 0. The van der Waals surface area contributed by atoms with Gasteiger partial charge >= 0.3 is 11.9 Å². The van der Waals surface area contributed by atoms with Gasteiger partial charge in [0.05, 0.1) is 17.2 Å². The van der Waals surface area contributed by atoms with E-state index in [-0.39, 0.29) is 23.7 Å². The molecule has 1 aromatic heterocycles. The molecule has 0 atom stereocenters. The number of ether oxygens (including phenoxy) is 2. The van der Waals surface area contributed by atoms with Crippen molar-refractivity contribution in [2.75, 3.05) is 6.61 Å². The highest BCUT2D eigenvalue weighted by Gasteiger charge is 2.19. The third-order valence-electron chi connectivity index (χ3n) is 2.29. The van der Waals surface area contributed by atoms with Crippen molar-refractivity contribution in [3.8, 4) is 0 Å². The first-order chi connectivity index (χ1) is 9.64. The largest absolute Gasteiger partial charge is 0.462 e. The second-order valence-electron chi connectivity index (χ2n) is 5.31. The fraction of sp³-hybridized carbons (Fsp3) is 0.500. The van der Waals surface area contributed by atoms with E-state index in [1.165, 1.54) is 6.20 Å². The minimum Gasteiger partial charge on any atom is -0.462 e. The molecule has 0 spiro atoms. The van der Waals surface area contributed by atoms with Gasteiger partial charge in [-0.15, -0.1) is 0 Å². The van der Waals surface area contributed by atoms with Crippen LogP contribution in [0.15, 0.2) is 17.1 Å². The SMILES string of the molecule is CCOC(=O)c1cn(CC(=O)OC(C)(C)C)c(=O)cc1Cl. The Kier molecular flexibility index (Phi) is 5.54. The van der Waals surface area contributed by atoms with Crippen LogP contribution in [0.2, 0.25) is 5.02 Å². The van der Waals surface area contributed by atoms with Crippen LogP contribution in [0.4, 0.5) is 0 Å². The number of esters is 2. The summed E-state index contributed by atoms with van der Waals surface area (Å²) >= 11 is 5.84. The lowest BCUT2D eigenvalue weighted by atomic mass is 10.2. The summed E-state index contributed by atoms with van der Waals surface area (Å²) in [6, 6.07) is 1.07. The van der Waals surface area contributed by atoms with E-state index in [4.69, 9.17) is 21.1 Å². The van der Waals surface area contributed by atoms with Crippen LogP contribution in [0.1, 0.15) is 38.1 Å². The summed E-state index contributed by atoms with van der Waals surface area (Å²) in [4.78, 5) is 35.2. The molecule has 0 bridgehead atoms. The smallest absolute Gasteiger partial charge is 0.341 e. The molecule has 0 fully saturated rings. The molecule has 0 aliphatic rings. The highest BCUT2D eigenvalue weighted by atomic mass is 35.5. The maximum absolute atomic E-state index is 11.8. The van der Waals surface area contributed by atoms with Gasteiger partial charge in [-0.25, -0.2) is 4.79 Å². The number of nitrogens with zero attached hydrogens (tertiary/aromatic N) is 1. The van der Waals surface area contributed by atoms with Crippen molar-refractivity contribution < 1.29 is 19.1 Å². The van der Waals surface area contributed by atoms with Crippen molar-refractivity contribution in [1.82, 2.24) is 4.57 Å². The van der Waals surface area contributed by atoms with E-state index < -0.39 is 23.1 Å². The molecule has 116 valence electrons. The van der Waals surface area contributed by atoms with Gasteiger partial charge in [0.1, 0.15) is 12.1 Å². The number of halogens is 1. The van der Waals surface area contributed by atoms with E-state index in [0.29, 0.717) is 0 Å². The Morgan fingerprint density at radius 2 is 1.95 bits per heavy atom. The Morgan fingerprint density at radius 1 is 1.33 bits per heavy atom. The molecule has 1 rings (SSSR count). The molecule has 0 N–H and O–H groups in total. The number of carbonyl (C=O) groups is 2. The number of pyridine rings is 1. The van der Waals surface area contributed by atoms with E-state index >= 15 is 0 Å². The zero-order valence-electron chi connectivity index (χ0n) is 12.4. The molecule has 21 heavy (non-hydrogen) atoms. The topological polar surface area (TPSA) is 74.6 Å². The highest BCUT2D eigenvalue weighted by molar-refractivity contribution is 6.33. The molecule has 0 aliphatic heterocycles. The molecule has 0 aliphatic carbocycles. The third-order valence-corrected chi connectivity index (χ3v) is 2.60. The minimum absolute atomic E-state index is 0.0149. The standard InChI is InChI=1S/C14H18ClNO5/c1-5-20-13(19)9-7-16(11(17)6-10(9)15)8-12(18)21-14(2,3)4/h6-7H,5,8H2,1-4H3. The summed E-state index contributed by atoms with van der Waals surface area (Å²) in [6.07, 6.45) is 1.20. The van der Waals surface area contributed by atoms with Gasteiger partial charge in [0.2, 0.25) is 0 Å². The first-order valence-corrected chi connectivity index (χ1v) is 6.81. The number of hydrogen-bond acceptors (Lipinski definition) is 5. The Labute approximate surface area is 127 Å². The predicted octanol–water partition coefficient (Wildman–Crippen LogP) is 2.02. The summed E-state index contributed by atoms with van der Waals surface area (Å²) in [5.41, 5.74) is -1.13. The maximum Gasteiger partial charge on any atom is 0.341 e. The van der Waals surface area contributed by atoms with Gasteiger partial charge in [0, 0.05) is 12.3 Å². The number of carbonyl (C=O) groups excluding carboxylic acids is 2. The number of aromatic nitrogens is 1. The van der Waals surface area contributed by atoms with Gasteiger partial charge in [-0.2, -0.15) is 0 Å². The van der Waals surface area contributed by atoms with Crippen LogP contribution in [0.5, 0.6) is 0 Å². The second-order valence-corrected chi connectivity index (χ2v) is 5.72. The van der Waals surface area contributed by atoms with Gasteiger partial charge in [-0.05, 0) is 27.7 Å². The van der Waals surface area contributed by atoms with E-state index in [1.807, 2.05) is 0 Å². The van der Waals surface area contributed by atoms with Crippen LogP contribution in [0, 0.1) is 0 Å². The molecule has 6 nitrogen and oxygen atoms in total. The van der Waals surface area contributed by atoms with Crippen molar-refractivity contribution in [2.45, 2.75) is 39.8 Å². The monoisotopic (exact) mass is 315 g/mol. The summed E-state index contributed by atoms with van der Waals surface area (Å²) in [5, 5.41) is -0.0149. The van der Waals surface area contributed by atoms with E-state index in [9.17, 15) is 14.4 Å². The van der Waals surface area contributed by atoms with Crippen molar-refractivity contribution in [1.29, 1.82) is 0 Å². The van der Waals surface area contributed by atoms with Crippen LogP contribution in [0.3, 0.4) is 0 Å². The molecule has 1 aromatic rings. The molecule has 0 unspecified atom stereocenters. The lowest BCUT2D eigenvalue weighted by Crippen LogP contribution is -2.30. The van der Waals surface area contributed by atoms with Crippen molar-refractivity contribution in [3.63, 3.8) is 0 Å². The first kappa shape index (κ1) is 17.2. The fourth-order valence-electron chi connectivity index (χ4n) is 1.55. The van der Waals surface area contributed by atoms with Gasteiger partial charge in [0.25, 0.3) is 5.56 Å². The molecular formula is C14H18ClNO5. The van der Waals surface area contributed by atoms with Crippen molar-refractivity contribution >= 4 is 23.5 Å². The normalized spacial score (nSPS) is 11.1. The average Bonchev–Trinajstić information content (AvgIpc) is 2.30. The average molecular weight is 316 g/mol. The molecular weight excluding hydrogens is 298 g/mol. The van der Waals surface area contributed by atoms with E-state index in [1.54, 1.807) is 27.7 Å². The summed E-state index contributed by atoms with van der Waals surface area (Å²) < 4.78 is 11.0. The molecule has 0 radical (unpaired) electrons. The molecule has 0 saturated heterocycles. The third kappa shape index (κ3) is 5.23. The van der Waals surface area contributed by atoms with Crippen molar-refractivity contribution in [3.05, 3.63) is 33.2 Å². The van der Waals surface area contributed by atoms with E-state index in [2.05, 4.69) is 0 Å². The van der Waals surface area contributed by atoms with Crippen LogP contribution < -0.4 is 5.56 Å². The second kappa shape index (κ2) is 6.76. The highest BCUT2D eigenvalue weighted by Crippen LogP contribution is 2.14. The van der Waals surface area contributed by atoms with Crippen molar-refractivity contribution in [2.24, 2.45) is 0 Å². The molecule has 1 heterocycles. The number of hydrogen-bond donors (Lipinski definition) is 0. The summed E-state index contributed by atoms with van der Waals surface area (Å²) in [5.74, 6) is -1.23. The molecule has 7 heteroatoms. The van der Waals surface area contributed by atoms with Gasteiger partial charge < -0.3 is 14.0 Å². The van der Waals surface area contributed by atoms with Crippen LogP contribution in [0.25, 0.3) is 0 Å². The minimum atomic E-state index is -0.656. The first-order valence-electron chi connectivity index (χ1n) is 6.43. The van der Waals surface area contributed by atoms with E-state index in [0.717, 1.165) is 10.6 Å². The lowest BCUT2D eigenvalue weighted by Gasteiger charge is -2.20. The predicted molar refractivity (Wildman–Crippen MR) is 77.5 cm³/mol. The zero-order chi connectivity index (χ0) is 16.2. The Balaban J connectivity index is 3.03. The molecule has 0 saturated carbocycles. The number of rotatable bonds is 4. The zero-order valence-corrected chi connectivity index (χ0v) is 13.2. The molecule has 0 aromatic carbocycles. The van der Waals surface area contributed by atoms with Gasteiger partial charge in [-0.1, -0.05) is 11.6 Å². The van der Waals surface area contributed by atoms with Crippen LogP contribution >= 0.6 is 11.6 Å². The van der Waals surface area contributed by atoms with Gasteiger partial charge in [0.15, 0.2) is 0 Å². The Morgan fingerprint density at radius 3 is 2.48 bits per heavy atom. The fourth-order valence-corrected chi connectivity index (χ4v) is 1.76. The maximum atomic E-state index is 11.8. The quantitative estimate of drug-likeness (QED) is 0.795. The van der Waals surface area contributed by atoms with Crippen LogP contribution in [-0.2, 0) is 20.8 Å². The lowest BCUT2D eigenvalue weighted by molar-refractivity contribution is -0.155. The summed E-state index contributed by atoms with van der Waals surface area (Å²) in [6.45, 7) is 6.70. The Hall–Kier alpha value is -1.82. The van der Waals surface area contributed by atoms with Gasteiger partial charge in [-0.3, -0.25) is 9.59 Å². The van der Waals surface area contributed by atoms with Crippen LogP contribution in [-0.4, -0.2) is 28.7 Å². The Bertz CT molecular complexity index is 600.